The van der Waals surface area contributed by atoms with Crippen LogP contribution in [0.4, 0.5) is 0 Å². The summed E-state index contributed by atoms with van der Waals surface area (Å²) in [6.45, 7) is -0.0594. The van der Waals surface area contributed by atoms with E-state index in [0.29, 0.717) is 5.75 Å². The maximum Gasteiger partial charge on any atom is 0.277 e. The molecule has 1 amide bonds. The van der Waals surface area contributed by atoms with Crippen molar-refractivity contribution in [2.24, 2.45) is 5.10 Å². The fourth-order valence-corrected chi connectivity index (χ4v) is 1.42. The zero-order valence-electron chi connectivity index (χ0n) is 10.3. The van der Waals surface area contributed by atoms with Gasteiger partial charge < -0.3 is 4.74 Å². The Morgan fingerprint density at radius 1 is 1.05 bits per heavy atom. The van der Waals surface area contributed by atoms with Crippen LogP contribution >= 0.6 is 0 Å². The van der Waals surface area contributed by atoms with Gasteiger partial charge in [-0.25, -0.2) is 5.43 Å². The molecule has 4 heteroatoms. The first-order valence-electron chi connectivity index (χ1n) is 5.89. The lowest BCUT2D eigenvalue weighted by molar-refractivity contribution is -0.123. The molecule has 2 rings (SSSR count). The summed E-state index contributed by atoms with van der Waals surface area (Å²) in [7, 11) is 0. The number of ether oxygens (including phenoxy) is 1. The van der Waals surface area contributed by atoms with Crippen LogP contribution in [-0.2, 0) is 4.79 Å². The van der Waals surface area contributed by atoms with Crippen LogP contribution in [0.25, 0.3) is 0 Å². The van der Waals surface area contributed by atoms with E-state index < -0.39 is 0 Å². The van der Waals surface area contributed by atoms with Crippen LogP contribution in [0.3, 0.4) is 0 Å². The minimum Gasteiger partial charge on any atom is -0.484 e. The normalized spacial score (nSPS) is 10.3. The van der Waals surface area contributed by atoms with E-state index in [9.17, 15) is 4.79 Å². The number of benzene rings is 2. The van der Waals surface area contributed by atoms with E-state index in [1.807, 2.05) is 48.5 Å². The zero-order chi connectivity index (χ0) is 13.3. The molecule has 19 heavy (non-hydrogen) atoms. The molecule has 0 heterocycles. The van der Waals surface area contributed by atoms with Gasteiger partial charge in [-0.15, -0.1) is 0 Å². The van der Waals surface area contributed by atoms with Gasteiger partial charge in [0.05, 0.1) is 6.21 Å². The Morgan fingerprint density at radius 2 is 1.68 bits per heavy atom. The van der Waals surface area contributed by atoms with Crippen molar-refractivity contribution in [3.63, 3.8) is 0 Å². The van der Waals surface area contributed by atoms with Crippen LogP contribution in [0.15, 0.2) is 65.8 Å². The summed E-state index contributed by atoms with van der Waals surface area (Å²) in [6, 6.07) is 18.7. The predicted octanol–water partition coefficient (Wildman–Crippen LogP) is 2.22. The quantitative estimate of drug-likeness (QED) is 0.657. The number of carbonyl (C=O) groups is 1. The molecule has 0 aromatic heterocycles. The number of para-hydroxylation sites is 1. The minimum absolute atomic E-state index is 0.0594. The van der Waals surface area contributed by atoms with Crippen LogP contribution in [0.2, 0.25) is 0 Å². The van der Waals surface area contributed by atoms with Gasteiger partial charge in [-0.1, -0.05) is 48.5 Å². The average molecular weight is 254 g/mol. The van der Waals surface area contributed by atoms with Gasteiger partial charge in [0.1, 0.15) is 5.75 Å². The predicted molar refractivity (Wildman–Crippen MR) is 74.1 cm³/mol. The molecule has 0 aliphatic heterocycles. The molecule has 0 unspecified atom stereocenters. The number of hydrogen-bond acceptors (Lipinski definition) is 3. The fourth-order valence-electron chi connectivity index (χ4n) is 1.42. The number of nitrogens with one attached hydrogen (secondary N) is 1. The van der Waals surface area contributed by atoms with Gasteiger partial charge in [0.25, 0.3) is 5.91 Å². The first-order valence-corrected chi connectivity index (χ1v) is 5.89. The first kappa shape index (κ1) is 12.8. The van der Waals surface area contributed by atoms with Crippen LogP contribution < -0.4 is 10.2 Å². The van der Waals surface area contributed by atoms with Crippen molar-refractivity contribution in [2.45, 2.75) is 0 Å². The summed E-state index contributed by atoms with van der Waals surface area (Å²) >= 11 is 0. The van der Waals surface area contributed by atoms with Gasteiger partial charge in [-0.3, -0.25) is 4.79 Å². The summed E-state index contributed by atoms with van der Waals surface area (Å²) in [4.78, 5) is 11.5. The van der Waals surface area contributed by atoms with E-state index in [2.05, 4.69) is 10.5 Å². The van der Waals surface area contributed by atoms with Crippen molar-refractivity contribution in [3.05, 3.63) is 66.2 Å². The van der Waals surface area contributed by atoms with Crippen molar-refractivity contribution < 1.29 is 9.53 Å². The molecule has 0 bridgehead atoms. The maximum absolute atomic E-state index is 11.5. The van der Waals surface area contributed by atoms with Gasteiger partial charge in [0.2, 0.25) is 0 Å². The van der Waals surface area contributed by atoms with E-state index >= 15 is 0 Å². The van der Waals surface area contributed by atoms with E-state index in [1.165, 1.54) is 0 Å². The number of rotatable bonds is 5. The molecule has 1 N–H and O–H groups in total. The lowest BCUT2D eigenvalue weighted by Crippen LogP contribution is -2.24. The van der Waals surface area contributed by atoms with Gasteiger partial charge in [0.15, 0.2) is 6.61 Å². The topological polar surface area (TPSA) is 50.7 Å². The highest BCUT2D eigenvalue weighted by atomic mass is 16.5. The molecule has 0 saturated carbocycles. The minimum atomic E-state index is -0.295. The second kappa shape index (κ2) is 6.96. The number of hydrazone groups is 1. The lowest BCUT2D eigenvalue weighted by Gasteiger charge is -2.03. The Bertz CT molecular complexity index is 539. The standard InChI is InChI=1S/C15H14N2O2/c18-15(12-19-14-9-5-2-6-10-14)17-16-11-13-7-3-1-4-8-13/h1-11H,12H2,(H,17,18)/b16-11+. The number of amides is 1. The van der Waals surface area contributed by atoms with Crippen LogP contribution in [0.1, 0.15) is 5.56 Å². The van der Waals surface area contributed by atoms with Crippen molar-refractivity contribution >= 4 is 12.1 Å². The van der Waals surface area contributed by atoms with Crippen LogP contribution in [0, 0.1) is 0 Å². The number of nitrogens with zero attached hydrogens (tertiary/aromatic N) is 1. The molecule has 96 valence electrons. The Labute approximate surface area is 111 Å². The van der Waals surface area contributed by atoms with Gasteiger partial charge in [0, 0.05) is 0 Å². The lowest BCUT2D eigenvalue weighted by atomic mass is 10.2. The third-order valence-electron chi connectivity index (χ3n) is 2.32. The largest absolute Gasteiger partial charge is 0.484 e. The molecule has 0 aliphatic rings. The fraction of sp³-hybridized carbons (Fsp3) is 0.0667. The molecule has 0 saturated heterocycles. The zero-order valence-corrected chi connectivity index (χ0v) is 10.3. The molecule has 0 radical (unpaired) electrons. The Morgan fingerprint density at radius 3 is 2.37 bits per heavy atom. The van der Waals surface area contributed by atoms with Gasteiger partial charge in [-0.2, -0.15) is 5.10 Å². The number of hydrogen-bond donors (Lipinski definition) is 1. The molecule has 0 aliphatic carbocycles. The smallest absolute Gasteiger partial charge is 0.277 e. The van der Waals surface area contributed by atoms with Crippen molar-refractivity contribution in [3.8, 4) is 5.75 Å². The molecule has 0 spiro atoms. The third kappa shape index (κ3) is 4.63. The van der Waals surface area contributed by atoms with E-state index in [-0.39, 0.29) is 12.5 Å². The molecule has 2 aromatic carbocycles. The monoisotopic (exact) mass is 254 g/mol. The van der Waals surface area contributed by atoms with Crippen molar-refractivity contribution in [1.82, 2.24) is 5.43 Å². The molecule has 2 aromatic rings. The SMILES string of the molecule is O=C(COc1ccccc1)N/N=C/c1ccccc1. The summed E-state index contributed by atoms with van der Waals surface area (Å²) < 4.78 is 5.28. The number of carbonyl (C=O) groups excluding carboxylic acids is 1. The highest BCUT2D eigenvalue weighted by Crippen LogP contribution is 2.07. The third-order valence-corrected chi connectivity index (χ3v) is 2.32. The molecular formula is C15H14N2O2. The Kier molecular flexibility index (Phi) is 4.70. The van der Waals surface area contributed by atoms with E-state index in [4.69, 9.17) is 4.74 Å². The molecule has 0 fully saturated rings. The van der Waals surface area contributed by atoms with Gasteiger partial charge in [-0.05, 0) is 17.7 Å². The van der Waals surface area contributed by atoms with E-state index in [1.54, 1.807) is 18.3 Å². The summed E-state index contributed by atoms with van der Waals surface area (Å²) in [5.41, 5.74) is 3.33. The second-order valence-electron chi connectivity index (χ2n) is 3.81. The van der Waals surface area contributed by atoms with Crippen LogP contribution in [0.5, 0.6) is 5.75 Å². The van der Waals surface area contributed by atoms with Crippen molar-refractivity contribution in [2.75, 3.05) is 6.61 Å². The molecular weight excluding hydrogens is 240 g/mol. The highest BCUT2D eigenvalue weighted by molar-refractivity contribution is 5.82. The second-order valence-corrected chi connectivity index (χ2v) is 3.81. The summed E-state index contributed by atoms with van der Waals surface area (Å²) in [5.74, 6) is 0.362. The average Bonchev–Trinajstić information content (AvgIpc) is 2.47. The summed E-state index contributed by atoms with van der Waals surface area (Å²) in [5, 5.41) is 3.85. The van der Waals surface area contributed by atoms with Crippen molar-refractivity contribution in [1.29, 1.82) is 0 Å². The van der Waals surface area contributed by atoms with E-state index in [0.717, 1.165) is 5.56 Å². The highest BCUT2D eigenvalue weighted by Gasteiger charge is 2.00. The Balaban J connectivity index is 1.75. The first-order chi connectivity index (χ1) is 9.34. The molecule has 4 nitrogen and oxygen atoms in total. The summed E-state index contributed by atoms with van der Waals surface area (Å²) in [6.07, 6.45) is 1.58. The maximum atomic E-state index is 11.5. The molecule has 0 atom stereocenters. The Hall–Kier alpha value is -2.62. The van der Waals surface area contributed by atoms with Crippen LogP contribution in [-0.4, -0.2) is 18.7 Å². The van der Waals surface area contributed by atoms with Gasteiger partial charge >= 0.3 is 0 Å².